The van der Waals surface area contributed by atoms with Gasteiger partial charge in [-0.05, 0) is 91.6 Å². The summed E-state index contributed by atoms with van der Waals surface area (Å²) in [5, 5.41) is 32.9. The molecule has 0 fully saturated rings. The molecule has 2 N–H and O–H groups in total. The molecule has 10 heteroatoms. The molecule has 208 valence electrons. The van der Waals surface area contributed by atoms with Crippen molar-refractivity contribution in [2.75, 3.05) is 0 Å². The standard InChI is InChI=1S/C29H34F2N4O4/c1-17-13-19(30)7-10-23(17)27(24-11-8-20(31)14-18(24)2)25(28-32-33-34-35(28)6)12-9-21(36)15-22(37)16-26(38)39-29(3,4)5/h7-14,21-22,36-37H,15-16H2,1-6H3. The lowest BCUT2D eigenvalue weighted by Gasteiger charge is -2.21. The van der Waals surface area contributed by atoms with Crippen LogP contribution in [-0.4, -0.2) is 54.2 Å². The summed E-state index contributed by atoms with van der Waals surface area (Å²) >= 11 is 0. The molecule has 0 saturated heterocycles. The third-order valence-electron chi connectivity index (χ3n) is 5.87. The molecule has 0 radical (unpaired) electrons. The van der Waals surface area contributed by atoms with Crippen LogP contribution in [0.2, 0.25) is 0 Å². The predicted octanol–water partition coefficient (Wildman–Crippen LogP) is 4.46. The highest BCUT2D eigenvalue weighted by Crippen LogP contribution is 2.36. The minimum Gasteiger partial charge on any atom is -0.460 e. The van der Waals surface area contributed by atoms with Gasteiger partial charge in [-0.25, -0.2) is 13.5 Å². The number of benzene rings is 2. The molecule has 8 nitrogen and oxygen atoms in total. The first-order chi connectivity index (χ1) is 18.2. The van der Waals surface area contributed by atoms with Crippen LogP contribution in [0.15, 0.2) is 48.6 Å². The number of ether oxygens (including phenoxy) is 1. The summed E-state index contributed by atoms with van der Waals surface area (Å²) in [7, 11) is 1.65. The number of allylic oxidation sites excluding steroid dienone is 2. The number of carbonyl (C=O) groups is 1. The molecule has 3 rings (SSSR count). The smallest absolute Gasteiger partial charge is 0.308 e. The highest BCUT2D eigenvalue weighted by molar-refractivity contribution is 6.02. The minimum absolute atomic E-state index is 0.124. The Morgan fingerprint density at radius 2 is 1.62 bits per heavy atom. The van der Waals surface area contributed by atoms with Crippen LogP contribution in [0.4, 0.5) is 8.78 Å². The molecule has 2 atom stereocenters. The number of rotatable bonds is 9. The predicted molar refractivity (Wildman–Crippen MR) is 143 cm³/mol. The second-order valence-electron chi connectivity index (χ2n) is 10.4. The fraction of sp³-hybridized carbons (Fsp3) is 0.379. The number of aromatic nitrogens is 4. The van der Waals surface area contributed by atoms with E-state index < -0.39 is 35.4 Å². The number of esters is 1. The molecule has 0 aliphatic heterocycles. The molecule has 1 heterocycles. The molecule has 0 aliphatic rings. The van der Waals surface area contributed by atoms with E-state index in [0.717, 1.165) is 0 Å². The Morgan fingerprint density at radius 1 is 1.05 bits per heavy atom. The van der Waals surface area contributed by atoms with Gasteiger partial charge in [-0.15, -0.1) is 5.10 Å². The molecule has 1 aromatic heterocycles. The van der Waals surface area contributed by atoms with Gasteiger partial charge in [0, 0.05) is 24.6 Å². The number of carbonyl (C=O) groups excluding carboxylic acids is 1. The summed E-state index contributed by atoms with van der Waals surface area (Å²) in [5.41, 5.74) is 2.97. The summed E-state index contributed by atoms with van der Waals surface area (Å²) < 4.78 is 34.8. The second kappa shape index (κ2) is 12.4. The molecule has 2 unspecified atom stereocenters. The van der Waals surface area contributed by atoms with Crippen molar-refractivity contribution in [3.63, 3.8) is 0 Å². The van der Waals surface area contributed by atoms with Gasteiger partial charge < -0.3 is 14.9 Å². The van der Waals surface area contributed by atoms with Crippen LogP contribution in [0.5, 0.6) is 0 Å². The van der Waals surface area contributed by atoms with E-state index in [1.165, 1.54) is 35.0 Å². The van der Waals surface area contributed by atoms with Gasteiger partial charge in [0.1, 0.15) is 17.2 Å². The minimum atomic E-state index is -1.14. The maximum atomic E-state index is 14.0. The van der Waals surface area contributed by atoms with Crippen molar-refractivity contribution in [2.45, 2.75) is 65.3 Å². The van der Waals surface area contributed by atoms with E-state index in [2.05, 4.69) is 15.5 Å². The van der Waals surface area contributed by atoms with Gasteiger partial charge in [0.25, 0.3) is 0 Å². The number of aryl methyl sites for hydroxylation is 3. The van der Waals surface area contributed by atoms with E-state index in [0.29, 0.717) is 39.2 Å². The summed E-state index contributed by atoms with van der Waals surface area (Å²) in [6.45, 7) is 8.71. The first-order valence-electron chi connectivity index (χ1n) is 12.5. The quantitative estimate of drug-likeness (QED) is 0.305. The first-order valence-corrected chi connectivity index (χ1v) is 12.5. The van der Waals surface area contributed by atoms with Crippen LogP contribution in [-0.2, 0) is 16.6 Å². The summed E-state index contributed by atoms with van der Waals surface area (Å²) in [4.78, 5) is 12.1. The molecule has 0 saturated carbocycles. The van der Waals surface area contributed by atoms with Crippen molar-refractivity contribution in [2.24, 2.45) is 7.05 Å². The summed E-state index contributed by atoms with van der Waals surface area (Å²) in [6.07, 6.45) is 0.399. The highest BCUT2D eigenvalue weighted by Gasteiger charge is 2.22. The molecule has 39 heavy (non-hydrogen) atoms. The summed E-state index contributed by atoms with van der Waals surface area (Å²) in [5.74, 6) is -1.04. The monoisotopic (exact) mass is 540 g/mol. The topological polar surface area (TPSA) is 110 Å². The Bertz CT molecular complexity index is 1340. The molecular formula is C29H34F2N4O4. The van der Waals surface area contributed by atoms with E-state index >= 15 is 0 Å². The Balaban J connectivity index is 2.09. The number of nitrogens with zero attached hydrogens (tertiary/aromatic N) is 4. The second-order valence-corrected chi connectivity index (χ2v) is 10.4. The third kappa shape index (κ3) is 8.11. The number of hydrogen-bond acceptors (Lipinski definition) is 7. The zero-order chi connectivity index (χ0) is 28.9. The average Bonchev–Trinajstić information content (AvgIpc) is 3.22. The van der Waals surface area contributed by atoms with E-state index in [-0.39, 0.29) is 12.8 Å². The van der Waals surface area contributed by atoms with Crippen LogP contribution in [0.1, 0.15) is 61.7 Å². The summed E-state index contributed by atoms with van der Waals surface area (Å²) in [6, 6.07) is 8.71. The normalized spacial score (nSPS) is 13.4. The van der Waals surface area contributed by atoms with Crippen molar-refractivity contribution in [3.05, 3.63) is 88.3 Å². The van der Waals surface area contributed by atoms with Crippen molar-refractivity contribution >= 4 is 17.1 Å². The lowest BCUT2D eigenvalue weighted by atomic mass is 9.87. The van der Waals surface area contributed by atoms with Crippen LogP contribution in [0.25, 0.3) is 11.1 Å². The number of halogens is 2. The Morgan fingerprint density at radius 3 is 2.08 bits per heavy atom. The maximum Gasteiger partial charge on any atom is 0.308 e. The third-order valence-corrected chi connectivity index (χ3v) is 5.87. The van der Waals surface area contributed by atoms with Gasteiger partial charge in [0.2, 0.25) is 0 Å². The Labute approximate surface area is 226 Å². The van der Waals surface area contributed by atoms with Gasteiger partial charge in [-0.1, -0.05) is 24.3 Å². The highest BCUT2D eigenvalue weighted by atomic mass is 19.1. The molecule has 0 spiro atoms. The largest absolute Gasteiger partial charge is 0.460 e. The number of tetrazole rings is 1. The molecular weight excluding hydrogens is 506 g/mol. The van der Waals surface area contributed by atoms with E-state index in [4.69, 9.17) is 4.74 Å². The molecule has 0 aliphatic carbocycles. The van der Waals surface area contributed by atoms with Crippen LogP contribution in [0, 0.1) is 25.5 Å². The van der Waals surface area contributed by atoms with Crippen molar-refractivity contribution in [1.29, 1.82) is 0 Å². The SMILES string of the molecule is Cc1cc(F)ccc1C(=C(C=CC(O)CC(O)CC(=O)OC(C)(C)C)c1nnnn1C)c1ccc(F)cc1C. The maximum absolute atomic E-state index is 14.0. The first kappa shape index (κ1) is 29.8. The van der Waals surface area contributed by atoms with E-state index in [9.17, 15) is 23.8 Å². The van der Waals surface area contributed by atoms with E-state index in [1.807, 2.05) is 0 Å². The molecule has 0 bridgehead atoms. The van der Waals surface area contributed by atoms with Gasteiger partial charge >= 0.3 is 5.97 Å². The van der Waals surface area contributed by atoms with Crippen LogP contribution in [0.3, 0.4) is 0 Å². The molecule has 3 aromatic rings. The average molecular weight is 541 g/mol. The fourth-order valence-electron chi connectivity index (χ4n) is 4.20. The van der Waals surface area contributed by atoms with Gasteiger partial charge in [-0.3, -0.25) is 4.79 Å². The van der Waals surface area contributed by atoms with Crippen LogP contribution >= 0.6 is 0 Å². The number of aliphatic hydroxyl groups excluding tert-OH is 2. The Hall–Kier alpha value is -3.76. The van der Waals surface area contributed by atoms with E-state index in [1.54, 1.807) is 59.9 Å². The van der Waals surface area contributed by atoms with Gasteiger partial charge in [0.15, 0.2) is 5.82 Å². The zero-order valence-electron chi connectivity index (χ0n) is 22.9. The number of aliphatic hydroxyl groups is 2. The molecule has 2 aromatic carbocycles. The van der Waals surface area contributed by atoms with Crippen LogP contribution < -0.4 is 0 Å². The molecule has 0 amide bonds. The van der Waals surface area contributed by atoms with Crippen molar-refractivity contribution in [1.82, 2.24) is 20.2 Å². The van der Waals surface area contributed by atoms with Crippen molar-refractivity contribution in [3.8, 4) is 0 Å². The Kier molecular flexibility index (Phi) is 9.47. The lowest BCUT2D eigenvalue weighted by molar-refractivity contribution is -0.157. The zero-order valence-corrected chi connectivity index (χ0v) is 22.9. The van der Waals surface area contributed by atoms with Gasteiger partial charge in [0.05, 0.1) is 18.6 Å². The van der Waals surface area contributed by atoms with Crippen molar-refractivity contribution < 1.29 is 28.5 Å². The lowest BCUT2D eigenvalue weighted by Crippen LogP contribution is -2.27. The van der Waals surface area contributed by atoms with Gasteiger partial charge in [-0.2, -0.15) is 0 Å². The fourth-order valence-corrected chi connectivity index (χ4v) is 4.20. The number of hydrogen-bond donors (Lipinski definition) is 2.